The molecule has 12 heteroatoms. The average Bonchev–Trinajstić information content (AvgIpc) is 3.65. The highest BCUT2D eigenvalue weighted by Crippen LogP contribution is 2.47. The van der Waals surface area contributed by atoms with Gasteiger partial charge in [-0.1, -0.05) is 26.0 Å². The summed E-state index contributed by atoms with van der Waals surface area (Å²) in [6.45, 7) is 4.25. The number of carbonyl (C=O) groups is 1. The van der Waals surface area contributed by atoms with E-state index in [0.717, 1.165) is 52.3 Å². The van der Waals surface area contributed by atoms with Crippen molar-refractivity contribution in [3.05, 3.63) is 71.2 Å². The number of imidazole rings is 1. The van der Waals surface area contributed by atoms with Gasteiger partial charge in [-0.15, -0.1) is 0 Å². The largest absolute Gasteiger partial charge is 0.403 e. The van der Waals surface area contributed by atoms with Crippen molar-refractivity contribution in [1.29, 1.82) is 0 Å². The van der Waals surface area contributed by atoms with Crippen molar-refractivity contribution in [3.63, 3.8) is 0 Å². The number of anilines is 1. The second-order valence-electron chi connectivity index (χ2n) is 10.9. The van der Waals surface area contributed by atoms with Gasteiger partial charge in [-0.05, 0) is 30.9 Å². The zero-order valence-electron chi connectivity index (χ0n) is 25.0. The normalized spacial score (nSPS) is 14.6. The summed E-state index contributed by atoms with van der Waals surface area (Å²) < 4.78 is 3.95. The van der Waals surface area contributed by atoms with Crippen LogP contribution in [0.2, 0.25) is 0 Å². The highest BCUT2D eigenvalue weighted by atomic mass is 16.1. The molecule has 1 saturated carbocycles. The van der Waals surface area contributed by atoms with Gasteiger partial charge in [0.15, 0.2) is 5.65 Å². The molecule has 0 unspecified atom stereocenters. The number of hydrogen-bond acceptors (Lipinski definition) is 9. The van der Waals surface area contributed by atoms with Crippen molar-refractivity contribution >= 4 is 35.1 Å². The van der Waals surface area contributed by atoms with E-state index >= 15 is 0 Å². The van der Waals surface area contributed by atoms with Crippen molar-refractivity contribution in [2.75, 3.05) is 12.8 Å². The van der Waals surface area contributed by atoms with Gasteiger partial charge in [0.2, 0.25) is 0 Å². The number of nitrogen functional groups attached to an aromatic ring is 1. The quantitative estimate of drug-likeness (QED) is 0.126. The lowest BCUT2D eigenvalue weighted by atomic mass is 10.0. The summed E-state index contributed by atoms with van der Waals surface area (Å²) in [4.78, 5) is 30.7. The molecule has 1 aliphatic carbocycles. The van der Waals surface area contributed by atoms with Crippen molar-refractivity contribution in [2.45, 2.75) is 38.5 Å². The fourth-order valence-corrected chi connectivity index (χ4v) is 5.14. The van der Waals surface area contributed by atoms with Gasteiger partial charge in [-0.2, -0.15) is 5.10 Å². The van der Waals surface area contributed by atoms with Crippen molar-refractivity contribution in [3.8, 4) is 22.6 Å². The van der Waals surface area contributed by atoms with Crippen LogP contribution >= 0.6 is 0 Å². The fraction of sp³-hybridized carbons (Fsp3) is 0.290. The lowest BCUT2D eigenvalue weighted by molar-refractivity contribution is -0.114. The third-order valence-electron chi connectivity index (χ3n) is 7.33. The minimum Gasteiger partial charge on any atom is -0.403 e. The summed E-state index contributed by atoms with van der Waals surface area (Å²) >= 11 is 0. The van der Waals surface area contributed by atoms with Crippen LogP contribution in [-0.4, -0.2) is 49.7 Å². The average molecular weight is 580 g/mol. The lowest BCUT2D eigenvalue weighted by Crippen LogP contribution is -2.17. The molecular formula is C31H37N11O. The van der Waals surface area contributed by atoms with E-state index in [2.05, 4.69) is 51.9 Å². The number of fused-ring (bicyclic) bond motifs is 1. The first-order valence-electron chi connectivity index (χ1n) is 14.1. The highest BCUT2D eigenvalue weighted by Gasteiger charge is 2.33. The maximum Gasteiger partial charge on any atom is 0.268 e. The molecule has 12 nitrogen and oxygen atoms in total. The van der Waals surface area contributed by atoms with E-state index in [1.807, 2.05) is 25.4 Å². The van der Waals surface area contributed by atoms with E-state index in [1.54, 1.807) is 24.0 Å². The molecule has 4 aromatic rings. The first kappa shape index (κ1) is 29.2. The Hall–Kier alpha value is -5.26. The minimum atomic E-state index is -0.720. The van der Waals surface area contributed by atoms with Crippen LogP contribution in [-0.2, 0) is 18.9 Å². The summed E-state index contributed by atoms with van der Waals surface area (Å²) in [5, 5.41) is 8.36. The predicted octanol–water partition coefficient (Wildman–Crippen LogP) is 3.45. The number of rotatable bonds is 10. The van der Waals surface area contributed by atoms with Gasteiger partial charge >= 0.3 is 0 Å². The first-order chi connectivity index (χ1) is 20.6. The second-order valence-corrected chi connectivity index (χ2v) is 10.9. The number of nitrogens with zero attached hydrogens (tertiary/aromatic N) is 7. The first-order valence-corrected chi connectivity index (χ1v) is 14.1. The Morgan fingerprint density at radius 2 is 1.95 bits per heavy atom. The number of aryl methyl sites for hydroxylation is 1. The Morgan fingerprint density at radius 1 is 1.19 bits per heavy atom. The van der Waals surface area contributed by atoms with Gasteiger partial charge in [0.1, 0.15) is 11.5 Å². The molecule has 222 valence electrons. The number of nitrogens with one attached hydrogen (secondary N) is 1. The molecule has 0 saturated heterocycles. The molecule has 0 atom stereocenters. The number of carbonyl (C=O) groups excluding carboxylic acids is 1. The molecule has 0 bridgehead atoms. The molecule has 1 aromatic carbocycles. The van der Waals surface area contributed by atoms with E-state index in [-0.39, 0.29) is 11.6 Å². The number of pyridine rings is 1. The Balaban J connectivity index is 1.64. The van der Waals surface area contributed by atoms with E-state index in [9.17, 15) is 4.79 Å². The Kier molecular flexibility index (Phi) is 8.11. The topological polar surface area (TPSA) is 180 Å². The second kappa shape index (κ2) is 11.9. The van der Waals surface area contributed by atoms with Gasteiger partial charge in [-0.3, -0.25) is 14.5 Å². The van der Waals surface area contributed by atoms with Gasteiger partial charge in [-0.25, -0.2) is 15.0 Å². The summed E-state index contributed by atoms with van der Waals surface area (Å²) in [5.41, 5.74) is 24.7. The molecular weight excluding hydrogens is 542 g/mol. The highest BCUT2D eigenvalue weighted by molar-refractivity contribution is 6.00. The molecule has 43 heavy (non-hydrogen) atoms. The van der Waals surface area contributed by atoms with Gasteiger partial charge in [0.05, 0.1) is 17.1 Å². The number of amides is 1. The van der Waals surface area contributed by atoms with Gasteiger partial charge in [0, 0.05) is 91.5 Å². The standard InChI is InChI=1S/C31H37N11O/c1-17(2)26-22(11-19-16-41(4)40-30(19)38-26)31-39-27(28(42(31)5)18-9-10-18)21-7-6-8-24(33)23(21)14-37-25(29(34)43)15-36-20(12-32)13-35-3/h6-8,11-18,36H,9-10,32-33H2,1-5H3,(H2,34,43)/b20-12+,25-15+,35-13?,37-14?. The zero-order valence-corrected chi connectivity index (χ0v) is 25.0. The lowest BCUT2D eigenvalue weighted by Gasteiger charge is -2.12. The molecule has 3 heterocycles. The molecule has 1 amide bonds. The van der Waals surface area contributed by atoms with Crippen LogP contribution in [0.15, 0.2) is 64.2 Å². The zero-order chi connectivity index (χ0) is 30.8. The maximum absolute atomic E-state index is 12.2. The summed E-state index contributed by atoms with van der Waals surface area (Å²) in [6.07, 6.45) is 9.88. The third kappa shape index (κ3) is 5.89. The molecule has 1 aliphatic rings. The Morgan fingerprint density at radius 3 is 2.60 bits per heavy atom. The van der Waals surface area contributed by atoms with Crippen LogP contribution in [0.4, 0.5) is 5.69 Å². The smallest absolute Gasteiger partial charge is 0.268 e. The summed E-state index contributed by atoms with van der Waals surface area (Å²) in [7, 11) is 5.56. The van der Waals surface area contributed by atoms with E-state index in [1.165, 1.54) is 18.6 Å². The van der Waals surface area contributed by atoms with Crippen LogP contribution in [0.1, 0.15) is 55.5 Å². The Bertz CT molecular complexity index is 1820. The number of primary amides is 1. The number of allylic oxidation sites excluding steroid dienone is 1. The fourth-order valence-electron chi connectivity index (χ4n) is 5.14. The number of hydrogen-bond donors (Lipinski definition) is 4. The molecule has 0 radical (unpaired) electrons. The third-order valence-corrected chi connectivity index (χ3v) is 7.33. The summed E-state index contributed by atoms with van der Waals surface area (Å²) in [5.74, 6) is 0.636. The van der Waals surface area contributed by atoms with Crippen LogP contribution in [0.3, 0.4) is 0 Å². The summed E-state index contributed by atoms with van der Waals surface area (Å²) in [6, 6.07) is 7.78. The van der Waals surface area contributed by atoms with E-state index in [0.29, 0.717) is 28.5 Å². The minimum absolute atomic E-state index is 0.0143. The van der Waals surface area contributed by atoms with Crippen molar-refractivity contribution in [2.24, 2.45) is 35.5 Å². The molecule has 0 aliphatic heterocycles. The molecule has 5 rings (SSSR count). The number of benzene rings is 1. The number of nitrogens with two attached hydrogens (primary N) is 3. The SMILES string of the molecule is CN=C/C(=C\N)N/C=C(/N=Cc1c(N)cccc1-c1nc(-c2cc3cn(C)nc3nc2C(C)C)n(C)c1C1CC1)C(N)=O. The van der Waals surface area contributed by atoms with E-state index < -0.39 is 5.91 Å². The predicted molar refractivity (Wildman–Crippen MR) is 171 cm³/mol. The number of aromatic nitrogens is 5. The molecule has 1 fully saturated rings. The van der Waals surface area contributed by atoms with Crippen molar-refractivity contribution in [1.82, 2.24) is 29.6 Å². The molecule has 0 spiro atoms. The monoisotopic (exact) mass is 579 g/mol. The van der Waals surface area contributed by atoms with Gasteiger partial charge in [0.25, 0.3) is 5.91 Å². The van der Waals surface area contributed by atoms with Gasteiger partial charge < -0.3 is 27.1 Å². The van der Waals surface area contributed by atoms with Crippen LogP contribution < -0.4 is 22.5 Å². The number of aliphatic imine (C=N–C) groups is 2. The van der Waals surface area contributed by atoms with Crippen LogP contribution in [0, 0.1) is 0 Å². The van der Waals surface area contributed by atoms with Crippen molar-refractivity contribution < 1.29 is 4.79 Å². The van der Waals surface area contributed by atoms with E-state index in [4.69, 9.17) is 27.2 Å². The molecule has 7 N–H and O–H groups in total. The van der Waals surface area contributed by atoms with Crippen LogP contribution in [0.25, 0.3) is 33.7 Å². The molecule has 3 aromatic heterocycles. The Labute approximate surface area is 250 Å². The van der Waals surface area contributed by atoms with Crippen LogP contribution in [0.5, 0.6) is 0 Å². The maximum atomic E-state index is 12.2.